The van der Waals surface area contributed by atoms with Gasteiger partial charge in [0.15, 0.2) is 5.11 Å². The predicted molar refractivity (Wildman–Crippen MR) is 134 cm³/mol. The molecule has 7 heteroatoms. The first-order valence-corrected chi connectivity index (χ1v) is 11.2. The lowest BCUT2D eigenvalue weighted by atomic mass is 9.76. The first-order chi connectivity index (χ1) is 15.9. The second-order valence-corrected chi connectivity index (χ2v) is 8.77. The highest BCUT2D eigenvalue weighted by atomic mass is 32.1. The molecule has 0 N–H and O–H groups in total. The highest BCUT2D eigenvalue weighted by Gasteiger charge is 2.45. The Hall–Kier alpha value is -3.63. The summed E-state index contributed by atoms with van der Waals surface area (Å²) < 4.78 is 0. The number of nitrogens with zero attached hydrogens (tertiary/aromatic N) is 5. The molecule has 0 bridgehead atoms. The summed E-state index contributed by atoms with van der Waals surface area (Å²) >= 11 is 5.92. The van der Waals surface area contributed by atoms with E-state index in [-0.39, 0.29) is 0 Å². The Labute approximate surface area is 199 Å². The van der Waals surface area contributed by atoms with Gasteiger partial charge >= 0.3 is 0 Å². The van der Waals surface area contributed by atoms with Gasteiger partial charge in [-0.3, -0.25) is 4.98 Å². The first kappa shape index (κ1) is 22.6. The van der Waals surface area contributed by atoms with Crippen molar-refractivity contribution in [2.75, 3.05) is 16.8 Å². The maximum atomic E-state index is 12.3. The maximum Gasteiger partial charge on any atom is 0.181 e. The van der Waals surface area contributed by atoms with Crippen molar-refractivity contribution in [3.8, 4) is 17.2 Å². The number of aldehydes is 1. The molecular weight excluding hydrogens is 430 g/mol. The van der Waals surface area contributed by atoms with Crippen LogP contribution in [0.2, 0.25) is 0 Å². The van der Waals surface area contributed by atoms with Crippen LogP contribution < -0.4 is 9.80 Å². The lowest BCUT2D eigenvalue weighted by Crippen LogP contribution is -2.60. The molecule has 6 nitrogen and oxygen atoms in total. The molecule has 3 aromatic rings. The van der Waals surface area contributed by atoms with Gasteiger partial charge in [-0.2, -0.15) is 5.26 Å². The fraction of sp³-hybridized carbons (Fsp3) is 0.269. The van der Waals surface area contributed by atoms with Crippen LogP contribution in [0.3, 0.4) is 0 Å². The Morgan fingerprint density at radius 1 is 1.15 bits per heavy atom. The van der Waals surface area contributed by atoms with Gasteiger partial charge in [0.25, 0.3) is 0 Å². The lowest BCUT2D eigenvalue weighted by Gasteiger charge is -2.48. The van der Waals surface area contributed by atoms with E-state index >= 15 is 0 Å². The Morgan fingerprint density at radius 3 is 2.42 bits per heavy atom. The number of rotatable bonds is 5. The largest absolute Gasteiger partial charge is 0.320 e. The molecule has 1 aliphatic carbocycles. The lowest BCUT2D eigenvalue weighted by molar-refractivity contribution is -0.114. The quantitative estimate of drug-likeness (QED) is 0.397. The first-order valence-electron chi connectivity index (χ1n) is 10.8. The second kappa shape index (κ2) is 9.08. The zero-order valence-corrected chi connectivity index (χ0v) is 19.8. The summed E-state index contributed by atoms with van der Waals surface area (Å²) in [5.41, 5.74) is 5.23. The summed E-state index contributed by atoms with van der Waals surface area (Å²) in [5, 5.41) is 9.70. The van der Waals surface area contributed by atoms with Crippen molar-refractivity contribution in [2.45, 2.75) is 38.6 Å². The van der Waals surface area contributed by atoms with Crippen molar-refractivity contribution < 1.29 is 4.79 Å². The monoisotopic (exact) mass is 455 g/mol. The molecular formula is C26H25N5OS. The van der Waals surface area contributed by atoms with E-state index in [0.29, 0.717) is 10.8 Å². The van der Waals surface area contributed by atoms with E-state index in [1.54, 1.807) is 12.4 Å². The molecule has 4 rings (SSSR count). The van der Waals surface area contributed by atoms with Crippen LogP contribution in [0.4, 0.5) is 11.4 Å². The summed E-state index contributed by atoms with van der Waals surface area (Å²) in [7, 11) is 1.86. The normalized spacial score (nSPS) is 14.0. The Balaban J connectivity index is 1.71. The molecule has 1 aromatic carbocycles. The number of hydrogen-bond acceptors (Lipinski definition) is 5. The van der Waals surface area contributed by atoms with Gasteiger partial charge < -0.3 is 14.6 Å². The van der Waals surface area contributed by atoms with Gasteiger partial charge in [-0.15, -0.1) is 0 Å². The van der Waals surface area contributed by atoms with E-state index in [4.69, 9.17) is 12.2 Å². The third-order valence-corrected chi connectivity index (χ3v) is 6.82. The molecule has 0 radical (unpaired) electrons. The Morgan fingerprint density at radius 2 is 1.88 bits per heavy atom. The van der Waals surface area contributed by atoms with E-state index in [1.807, 2.05) is 73.2 Å². The standard InChI is InChI=1S/C26H25N5OS/c1-18-14-22(16-29-24(18)15-27)30(3)25(33)31(26(17-32)11-5-12-26)21-9-7-20(8-10-21)23-6-4-13-28-19(23)2/h4,6-10,13-14,16-17H,5,11-12H2,1-3H3. The molecule has 33 heavy (non-hydrogen) atoms. The molecule has 1 aliphatic rings. The van der Waals surface area contributed by atoms with E-state index < -0.39 is 5.54 Å². The molecule has 1 fully saturated rings. The minimum atomic E-state index is -0.661. The Kier molecular flexibility index (Phi) is 6.21. The third-order valence-electron chi connectivity index (χ3n) is 6.36. The summed E-state index contributed by atoms with van der Waals surface area (Å²) in [6, 6.07) is 16.1. The van der Waals surface area contributed by atoms with Crippen LogP contribution in [0.25, 0.3) is 11.1 Å². The van der Waals surface area contributed by atoms with Crippen molar-refractivity contribution in [3.05, 3.63) is 71.8 Å². The zero-order chi connectivity index (χ0) is 23.6. The Bertz CT molecular complexity index is 1240. The van der Waals surface area contributed by atoms with Crippen LogP contribution >= 0.6 is 12.2 Å². The average molecular weight is 456 g/mol. The van der Waals surface area contributed by atoms with Gasteiger partial charge in [0, 0.05) is 30.2 Å². The minimum absolute atomic E-state index is 0.388. The molecule has 0 unspecified atom stereocenters. The fourth-order valence-corrected chi connectivity index (χ4v) is 4.58. The van der Waals surface area contributed by atoms with Crippen LogP contribution in [0.15, 0.2) is 54.9 Å². The number of benzene rings is 1. The molecule has 2 aromatic heterocycles. The number of carbonyl (C=O) groups is 1. The zero-order valence-electron chi connectivity index (χ0n) is 18.9. The van der Waals surface area contributed by atoms with Gasteiger partial charge in [0.2, 0.25) is 0 Å². The number of carbonyl (C=O) groups excluding carboxylic acids is 1. The summed E-state index contributed by atoms with van der Waals surface area (Å²) in [5.74, 6) is 0. The van der Waals surface area contributed by atoms with Gasteiger partial charge in [0.1, 0.15) is 23.6 Å². The number of pyridine rings is 2. The maximum absolute atomic E-state index is 12.3. The van der Waals surface area contributed by atoms with E-state index in [0.717, 1.165) is 59.3 Å². The van der Waals surface area contributed by atoms with Crippen molar-refractivity contribution in [1.29, 1.82) is 5.26 Å². The van der Waals surface area contributed by atoms with Gasteiger partial charge in [0.05, 0.1) is 11.9 Å². The third kappa shape index (κ3) is 4.10. The molecule has 0 aliphatic heterocycles. The molecule has 1 saturated carbocycles. The topological polar surface area (TPSA) is 73.1 Å². The molecule has 0 saturated heterocycles. The summed E-state index contributed by atoms with van der Waals surface area (Å²) in [4.78, 5) is 24.7. The molecule has 0 atom stereocenters. The molecule has 166 valence electrons. The van der Waals surface area contributed by atoms with Crippen LogP contribution in [-0.4, -0.2) is 34.0 Å². The number of aryl methyl sites for hydroxylation is 2. The average Bonchev–Trinajstić information content (AvgIpc) is 2.81. The van der Waals surface area contributed by atoms with Gasteiger partial charge in [-0.05, 0) is 80.7 Å². The SMILES string of the molecule is Cc1cc(N(C)C(=S)N(c2ccc(-c3cccnc3C)cc2)C2(C=O)CCC2)cnc1C#N. The number of thiocarbonyl (C=S) groups is 1. The number of anilines is 2. The number of aromatic nitrogens is 2. The second-order valence-electron chi connectivity index (χ2n) is 8.41. The van der Waals surface area contributed by atoms with Crippen LogP contribution in [0.5, 0.6) is 0 Å². The van der Waals surface area contributed by atoms with E-state index in [2.05, 4.69) is 16.0 Å². The summed E-state index contributed by atoms with van der Waals surface area (Å²) in [6.45, 7) is 3.84. The smallest absolute Gasteiger partial charge is 0.181 e. The van der Waals surface area contributed by atoms with Crippen molar-refractivity contribution in [2.24, 2.45) is 0 Å². The minimum Gasteiger partial charge on any atom is -0.320 e. The van der Waals surface area contributed by atoms with Crippen LogP contribution in [0, 0.1) is 25.2 Å². The highest BCUT2D eigenvalue weighted by Crippen LogP contribution is 2.40. The summed E-state index contributed by atoms with van der Waals surface area (Å²) in [6.07, 6.45) is 6.92. The predicted octanol–water partition coefficient (Wildman–Crippen LogP) is 4.98. The number of hydrogen-bond donors (Lipinski definition) is 0. The molecule has 0 spiro atoms. The highest BCUT2D eigenvalue weighted by molar-refractivity contribution is 7.80. The van der Waals surface area contributed by atoms with Gasteiger partial charge in [-0.1, -0.05) is 18.2 Å². The molecule has 2 heterocycles. The van der Waals surface area contributed by atoms with Crippen LogP contribution in [0.1, 0.15) is 36.2 Å². The van der Waals surface area contributed by atoms with E-state index in [1.165, 1.54) is 0 Å². The number of nitriles is 1. The molecule has 0 amide bonds. The van der Waals surface area contributed by atoms with Gasteiger partial charge in [-0.25, -0.2) is 4.98 Å². The van der Waals surface area contributed by atoms with Crippen molar-refractivity contribution in [3.63, 3.8) is 0 Å². The van der Waals surface area contributed by atoms with Crippen LogP contribution in [-0.2, 0) is 4.79 Å². The van der Waals surface area contributed by atoms with Crippen molar-refractivity contribution in [1.82, 2.24) is 9.97 Å². The van der Waals surface area contributed by atoms with E-state index in [9.17, 15) is 10.1 Å². The fourth-order valence-electron chi connectivity index (χ4n) is 4.19. The van der Waals surface area contributed by atoms with Crippen molar-refractivity contribution >= 4 is 35.0 Å².